The molecule has 0 spiro atoms. The Morgan fingerprint density at radius 2 is 1.46 bits per heavy atom. The van der Waals surface area contributed by atoms with Crippen molar-refractivity contribution in [3.8, 4) is 11.1 Å². The Kier molecular flexibility index (Phi) is 8.33. The van der Waals surface area contributed by atoms with E-state index in [0.29, 0.717) is 11.4 Å². The maximum atomic E-state index is 13.7. The molecule has 3 nitrogen and oxygen atoms in total. The lowest BCUT2D eigenvalue weighted by atomic mass is 9.86. The molecule has 35 heavy (non-hydrogen) atoms. The largest absolute Gasteiger partial charge is 0.357 e. The van der Waals surface area contributed by atoms with Gasteiger partial charge in [0.1, 0.15) is 5.82 Å². The standard InChI is InChI=1S/C31H31ClN2O/c1-3-34(4-2)30-12-8-11-28(33-30)21-22-29(25-17-19-27(32)20-18-25)31(35)26-15-13-24(14-16-26)23-9-6-5-7-10-23/h5-20,29H,3-4,21-22H2,1-2H3. The van der Waals surface area contributed by atoms with Crippen LogP contribution in [0.4, 0.5) is 5.82 Å². The number of carbonyl (C=O) groups excluding carboxylic acids is 1. The van der Waals surface area contributed by atoms with Crippen LogP contribution < -0.4 is 4.90 Å². The number of rotatable bonds is 10. The highest BCUT2D eigenvalue weighted by Crippen LogP contribution is 2.29. The van der Waals surface area contributed by atoms with Gasteiger partial charge >= 0.3 is 0 Å². The number of benzene rings is 3. The highest BCUT2D eigenvalue weighted by Gasteiger charge is 2.22. The molecular weight excluding hydrogens is 452 g/mol. The summed E-state index contributed by atoms with van der Waals surface area (Å²) in [6.07, 6.45) is 1.39. The Balaban J connectivity index is 1.57. The van der Waals surface area contributed by atoms with Crippen molar-refractivity contribution in [2.45, 2.75) is 32.6 Å². The van der Waals surface area contributed by atoms with Gasteiger partial charge in [-0.15, -0.1) is 0 Å². The number of carbonyl (C=O) groups is 1. The van der Waals surface area contributed by atoms with Gasteiger partial charge in [0.15, 0.2) is 5.78 Å². The Morgan fingerprint density at radius 1 is 0.800 bits per heavy atom. The quantitative estimate of drug-likeness (QED) is 0.216. The number of aryl methyl sites for hydroxylation is 1. The number of ketones is 1. The second-order valence-corrected chi connectivity index (χ2v) is 9.05. The summed E-state index contributed by atoms with van der Waals surface area (Å²) in [6, 6.07) is 31.9. The number of hydrogen-bond acceptors (Lipinski definition) is 3. The van der Waals surface area contributed by atoms with Gasteiger partial charge in [0.2, 0.25) is 0 Å². The fourth-order valence-electron chi connectivity index (χ4n) is 4.43. The molecule has 1 heterocycles. The zero-order valence-corrected chi connectivity index (χ0v) is 21.1. The summed E-state index contributed by atoms with van der Waals surface area (Å²) in [5, 5.41) is 0.667. The molecule has 0 N–H and O–H groups in total. The predicted octanol–water partition coefficient (Wildman–Crippen LogP) is 7.85. The van der Waals surface area contributed by atoms with Crippen molar-refractivity contribution >= 4 is 23.2 Å². The molecule has 0 bridgehead atoms. The van der Waals surface area contributed by atoms with Crippen molar-refractivity contribution < 1.29 is 4.79 Å². The first-order valence-corrected chi connectivity index (χ1v) is 12.6. The molecule has 0 saturated heterocycles. The Bertz CT molecular complexity index is 1230. The lowest BCUT2D eigenvalue weighted by Crippen LogP contribution is -2.23. The summed E-state index contributed by atoms with van der Waals surface area (Å²) in [5.74, 6) is 0.832. The average molecular weight is 483 g/mol. The average Bonchev–Trinajstić information content (AvgIpc) is 2.91. The minimum absolute atomic E-state index is 0.117. The van der Waals surface area contributed by atoms with Crippen LogP contribution in [0.2, 0.25) is 5.02 Å². The van der Waals surface area contributed by atoms with Crippen molar-refractivity contribution in [3.63, 3.8) is 0 Å². The topological polar surface area (TPSA) is 33.2 Å². The summed E-state index contributed by atoms with van der Waals surface area (Å²) in [5.41, 5.74) is 4.93. The summed E-state index contributed by atoms with van der Waals surface area (Å²) in [6.45, 7) is 6.10. The minimum atomic E-state index is -0.270. The summed E-state index contributed by atoms with van der Waals surface area (Å²) >= 11 is 6.14. The number of hydrogen-bond donors (Lipinski definition) is 0. The number of halogens is 1. The maximum Gasteiger partial charge on any atom is 0.170 e. The van der Waals surface area contributed by atoms with Crippen molar-refractivity contribution in [1.29, 1.82) is 0 Å². The van der Waals surface area contributed by atoms with Gasteiger partial charge in [0.25, 0.3) is 0 Å². The van der Waals surface area contributed by atoms with Gasteiger partial charge in [0.05, 0.1) is 0 Å². The van der Waals surface area contributed by atoms with Crippen LogP contribution in [0.3, 0.4) is 0 Å². The fourth-order valence-corrected chi connectivity index (χ4v) is 4.55. The van der Waals surface area contributed by atoms with Crippen LogP contribution in [0.5, 0.6) is 0 Å². The molecule has 1 aromatic heterocycles. The van der Waals surface area contributed by atoms with Crippen LogP contribution in [0.15, 0.2) is 97.1 Å². The van der Waals surface area contributed by atoms with Gasteiger partial charge in [0, 0.05) is 35.3 Å². The molecule has 4 rings (SSSR count). The van der Waals surface area contributed by atoms with Gasteiger partial charge in [-0.05, 0) is 67.6 Å². The first-order chi connectivity index (χ1) is 17.1. The molecule has 0 aliphatic carbocycles. The molecule has 0 aliphatic heterocycles. The zero-order chi connectivity index (χ0) is 24.6. The summed E-state index contributed by atoms with van der Waals surface area (Å²) in [4.78, 5) is 20.8. The molecule has 1 atom stereocenters. The van der Waals surface area contributed by atoms with E-state index in [9.17, 15) is 4.79 Å². The first kappa shape index (κ1) is 24.7. The van der Waals surface area contributed by atoms with E-state index in [1.54, 1.807) is 0 Å². The number of pyridine rings is 1. The molecule has 4 aromatic rings. The predicted molar refractivity (Wildman–Crippen MR) is 147 cm³/mol. The third-order valence-electron chi connectivity index (χ3n) is 6.43. The van der Waals surface area contributed by atoms with E-state index >= 15 is 0 Å². The molecule has 3 aromatic carbocycles. The van der Waals surface area contributed by atoms with E-state index in [1.807, 2.05) is 78.9 Å². The zero-order valence-electron chi connectivity index (χ0n) is 20.3. The molecule has 0 radical (unpaired) electrons. The Morgan fingerprint density at radius 3 is 2.11 bits per heavy atom. The lowest BCUT2D eigenvalue weighted by Gasteiger charge is -2.21. The lowest BCUT2D eigenvalue weighted by molar-refractivity contribution is 0.0955. The monoisotopic (exact) mass is 482 g/mol. The third-order valence-corrected chi connectivity index (χ3v) is 6.69. The van der Waals surface area contributed by atoms with Gasteiger partial charge in [-0.2, -0.15) is 0 Å². The van der Waals surface area contributed by atoms with Crippen LogP contribution in [-0.4, -0.2) is 23.9 Å². The number of nitrogens with zero attached hydrogens (tertiary/aromatic N) is 2. The van der Waals surface area contributed by atoms with Crippen molar-refractivity contribution in [2.75, 3.05) is 18.0 Å². The summed E-state index contributed by atoms with van der Waals surface area (Å²) < 4.78 is 0. The first-order valence-electron chi connectivity index (χ1n) is 12.2. The van der Waals surface area contributed by atoms with E-state index < -0.39 is 0 Å². The molecule has 178 valence electrons. The van der Waals surface area contributed by atoms with Crippen molar-refractivity contribution in [2.24, 2.45) is 0 Å². The van der Waals surface area contributed by atoms with E-state index in [4.69, 9.17) is 16.6 Å². The van der Waals surface area contributed by atoms with Crippen LogP contribution >= 0.6 is 11.6 Å². The van der Waals surface area contributed by atoms with Gasteiger partial charge in [-0.3, -0.25) is 4.79 Å². The molecule has 0 saturated carbocycles. The fraction of sp³-hybridized carbons (Fsp3) is 0.226. The molecule has 0 amide bonds. The van der Waals surface area contributed by atoms with E-state index in [0.717, 1.165) is 53.3 Å². The normalized spacial score (nSPS) is 11.7. The van der Waals surface area contributed by atoms with Gasteiger partial charge in [-0.25, -0.2) is 4.98 Å². The molecular formula is C31H31ClN2O. The molecule has 4 heteroatoms. The maximum absolute atomic E-state index is 13.7. The minimum Gasteiger partial charge on any atom is -0.357 e. The molecule has 1 unspecified atom stereocenters. The molecule has 0 aliphatic rings. The second-order valence-electron chi connectivity index (χ2n) is 8.61. The van der Waals surface area contributed by atoms with Gasteiger partial charge < -0.3 is 4.90 Å². The molecule has 0 fully saturated rings. The second kappa shape index (κ2) is 11.8. The highest BCUT2D eigenvalue weighted by atomic mass is 35.5. The number of Topliss-reactive ketones (excluding diaryl/α,β-unsaturated/α-hetero) is 1. The van der Waals surface area contributed by atoms with Crippen LogP contribution in [0.1, 0.15) is 47.8 Å². The Hall–Kier alpha value is -3.43. The van der Waals surface area contributed by atoms with Crippen LogP contribution in [0.25, 0.3) is 11.1 Å². The van der Waals surface area contributed by atoms with E-state index in [-0.39, 0.29) is 11.7 Å². The smallest absolute Gasteiger partial charge is 0.170 e. The van der Waals surface area contributed by atoms with Crippen LogP contribution in [0, 0.1) is 0 Å². The highest BCUT2D eigenvalue weighted by molar-refractivity contribution is 6.30. The van der Waals surface area contributed by atoms with Crippen molar-refractivity contribution in [1.82, 2.24) is 4.98 Å². The number of anilines is 1. The van der Waals surface area contributed by atoms with E-state index in [1.165, 1.54) is 0 Å². The number of aromatic nitrogens is 1. The van der Waals surface area contributed by atoms with E-state index in [2.05, 4.69) is 36.9 Å². The SMILES string of the molecule is CCN(CC)c1cccc(CCC(C(=O)c2ccc(-c3ccccc3)cc2)c2ccc(Cl)cc2)n1. The third kappa shape index (κ3) is 6.17. The van der Waals surface area contributed by atoms with Gasteiger partial charge in [-0.1, -0.05) is 84.4 Å². The summed E-state index contributed by atoms with van der Waals surface area (Å²) in [7, 11) is 0. The Labute approximate surface area is 213 Å². The van der Waals surface area contributed by atoms with Crippen LogP contribution in [-0.2, 0) is 6.42 Å². The van der Waals surface area contributed by atoms with Crippen molar-refractivity contribution in [3.05, 3.63) is 119 Å².